The van der Waals surface area contributed by atoms with Gasteiger partial charge in [-0.05, 0) is 47.0 Å². The molecule has 1 spiro atoms. The van der Waals surface area contributed by atoms with Crippen molar-refractivity contribution >= 4 is 10.0 Å². The summed E-state index contributed by atoms with van der Waals surface area (Å²) in [5, 5.41) is 8.85. The molecule has 19 heavy (non-hydrogen) atoms. The third kappa shape index (κ3) is 3.48. The molecule has 1 atom stereocenters. The summed E-state index contributed by atoms with van der Waals surface area (Å²) in [6, 6.07) is 0. The van der Waals surface area contributed by atoms with E-state index in [1.165, 1.54) is 0 Å². The molecule has 2 heterocycles. The van der Waals surface area contributed by atoms with Gasteiger partial charge in [0.1, 0.15) is 0 Å². The summed E-state index contributed by atoms with van der Waals surface area (Å²) in [4.78, 5) is 0. The third-order valence-corrected chi connectivity index (χ3v) is 5.02. The first-order chi connectivity index (χ1) is 8.43. The van der Waals surface area contributed by atoms with E-state index in [2.05, 4.69) is 33.0 Å². The molecule has 2 aliphatic heterocycles. The van der Waals surface area contributed by atoms with Crippen molar-refractivity contribution in [2.75, 3.05) is 12.4 Å². The maximum atomic E-state index is 11.4. The normalized spacial score (nSPS) is 32.6. The van der Waals surface area contributed by atoms with Gasteiger partial charge in [-0.3, -0.25) is 0 Å². The van der Waals surface area contributed by atoms with Crippen LogP contribution in [0, 0.1) is 5.41 Å². The molecule has 112 valence electrons. The van der Waals surface area contributed by atoms with Crippen LogP contribution in [0.1, 0.15) is 47.0 Å². The molecule has 2 saturated heterocycles. The van der Waals surface area contributed by atoms with Crippen LogP contribution < -0.4 is 10.5 Å². The molecule has 3 N–H and O–H groups in total. The highest BCUT2D eigenvalue weighted by molar-refractivity contribution is 7.89. The predicted molar refractivity (Wildman–Crippen MR) is 75.3 cm³/mol. The van der Waals surface area contributed by atoms with Crippen molar-refractivity contribution in [3.05, 3.63) is 0 Å². The Balaban J connectivity index is 2.29. The first kappa shape index (κ1) is 15.2. The average molecular weight is 290 g/mol. The fourth-order valence-corrected chi connectivity index (χ4v) is 5.28. The first-order valence-electron chi connectivity index (χ1n) is 6.85. The first-order valence-corrected chi connectivity index (χ1v) is 8.56. The highest BCUT2D eigenvalue weighted by Crippen LogP contribution is 2.50. The van der Waals surface area contributed by atoms with Gasteiger partial charge < -0.3 is 10.1 Å². The Kier molecular flexibility index (Phi) is 3.54. The van der Waals surface area contributed by atoms with Crippen LogP contribution in [-0.2, 0) is 14.8 Å². The predicted octanol–water partition coefficient (Wildman–Crippen LogP) is 0.991. The van der Waals surface area contributed by atoms with Crippen molar-refractivity contribution < 1.29 is 13.2 Å². The zero-order valence-electron chi connectivity index (χ0n) is 12.3. The van der Waals surface area contributed by atoms with Crippen LogP contribution in [0.4, 0.5) is 0 Å². The van der Waals surface area contributed by atoms with E-state index in [0.717, 1.165) is 19.3 Å². The van der Waals surface area contributed by atoms with Gasteiger partial charge in [0.15, 0.2) is 0 Å². The molecule has 0 saturated carbocycles. The van der Waals surface area contributed by atoms with Gasteiger partial charge >= 0.3 is 0 Å². The Morgan fingerprint density at radius 1 is 1.21 bits per heavy atom. The fourth-order valence-electron chi connectivity index (χ4n) is 4.41. The maximum Gasteiger partial charge on any atom is 0.211 e. The summed E-state index contributed by atoms with van der Waals surface area (Å²) in [5.41, 5.74) is -0.122. The Morgan fingerprint density at radius 2 is 1.74 bits per heavy atom. The molecule has 0 aliphatic carbocycles. The largest absolute Gasteiger partial charge is 0.377 e. The molecule has 1 unspecified atom stereocenters. The molecule has 2 fully saturated rings. The molecule has 5 nitrogen and oxygen atoms in total. The summed E-state index contributed by atoms with van der Waals surface area (Å²) in [7, 11) is -3.50. The van der Waals surface area contributed by atoms with E-state index in [-0.39, 0.29) is 28.3 Å². The molecule has 0 aromatic heterocycles. The number of primary sulfonamides is 1. The second-order valence-electron chi connectivity index (χ2n) is 7.55. The lowest BCUT2D eigenvalue weighted by molar-refractivity contribution is -0.0106. The quantitative estimate of drug-likeness (QED) is 0.794. The minimum atomic E-state index is -3.50. The van der Waals surface area contributed by atoms with Crippen molar-refractivity contribution in [1.29, 1.82) is 0 Å². The van der Waals surface area contributed by atoms with Gasteiger partial charge in [0.05, 0.1) is 11.9 Å². The van der Waals surface area contributed by atoms with Gasteiger partial charge in [-0.1, -0.05) is 0 Å². The lowest BCUT2D eigenvalue weighted by Crippen LogP contribution is -2.63. The van der Waals surface area contributed by atoms with Crippen molar-refractivity contribution in [2.24, 2.45) is 10.6 Å². The standard InChI is InChI=1S/C13H26N2O3S/c1-11(2)8-13(9-12(3,4)15-11)5-6-18-10(13)7-19(14,16)17/h10,15H,5-9H2,1-4H3,(H2,14,16,17). The van der Waals surface area contributed by atoms with E-state index >= 15 is 0 Å². The molecule has 0 aromatic carbocycles. The van der Waals surface area contributed by atoms with E-state index in [4.69, 9.17) is 9.88 Å². The molecule has 0 bridgehead atoms. The molecular weight excluding hydrogens is 264 g/mol. The van der Waals surface area contributed by atoms with Crippen LogP contribution in [0.25, 0.3) is 0 Å². The number of nitrogens with two attached hydrogens (primary N) is 1. The number of ether oxygens (including phenoxy) is 1. The molecule has 6 heteroatoms. The minimum absolute atomic E-state index is 0.0218. The molecule has 0 aromatic rings. The average Bonchev–Trinajstić information content (AvgIpc) is 2.38. The topological polar surface area (TPSA) is 81.4 Å². The van der Waals surface area contributed by atoms with Crippen molar-refractivity contribution in [1.82, 2.24) is 5.32 Å². The van der Waals surface area contributed by atoms with Gasteiger partial charge in [0.25, 0.3) is 0 Å². The minimum Gasteiger partial charge on any atom is -0.377 e. The second kappa shape index (κ2) is 4.41. The Morgan fingerprint density at radius 3 is 2.21 bits per heavy atom. The van der Waals surface area contributed by atoms with E-state index in [1.807, 2.05) is 0 Å². The number of piperidine rings is 1. The van der Waals surface area contributed by atoms with Crippen LogP contribution in [-0.4, -0.2) is 38.0 Å². The number of nitrogens with one attached hydrogen (secondary N) is 1. The number of sulfonamides is 1. The molecule has 2 aliphatic rings. The number of rotatable bonds is 2. The van der Waals surface area contributed by atoms with Crippen LogP contribution in [0.2, 0.25) is 0 Å². The van der Waals surface area contributed by atoms with Crippen molar-refractivity contribution in [3.63, 3.8) is 0 Å². The second-order valence-corrected chi connectivity index (χ2v) is 9.21. The van der Waals surface area contributed by atoms with Gasteiger partial charge in [-0.2, -0.15) is 0 Å². The highest BCUT2D eigenvalue weighted by atomic mass is 32.2. The lowest BCUT2D eigenvalue weighted by atomic mass is 9.62. The zero-order chi connectivity index (χ0) is 14.5. The van der Waals surface area contributed by atoms with Gasteiger partial charge in [0.2, 0.25) is 10.0 Å². The smallest absolute Gasteiger partial charge is 0.211 e. The van der Waals surface area contributed by atoms with Crippen LogP contribution in [0.15, 0.2) is 0 Å². The van der Waals surface area contributed by atoms with Crippen LogP contribution >= 0.6 is 0 Å². The van der Waals surface area contributed by atoms with Gasteiger partial charge in [-0.15, -0.1) is 0 Å². The summed E-state index contributed by atoms with van der Waals surface area (Å²) in [5.74, 6) is -0.0703. The summed E-state index contributed by atoms with van der Waals surface area (Å²) in [6.45, 7) is 9.31. The summed E-state index contributed by atoms with van der Waals surface area (Å²) < 4.78 is 28.6. The van der Waals surface area contributed by atoms with E-state index in [9.17, 15) is 8.42 Å². The van der Waals surface area contributed by atoms with Crippen LogP contribution in [0.3, 0.4) is 0 Å². The fraction of sp³-hybridized carbons (Fsp3) is 1.00. The number of hydrogen-bond donors (Lipinski definition) is 2. The monoisotopic (exact) mass is 290 g/mol. The van der Waals surface area contributed by atoms with Gasteiger partial charge in [0, 0.05) is 23.1 Å². The SMILES string of the molecule is CC1(C)CC2(CCOC2CS(N)(=O)=O)CC(C)(C)N1. The lowest BCUT2D eigenvalue weighted by Gasteiger charge is -2.53. The van der Waals surface area contributed by atoms with Crippen molar-refractivity contribution in [2.45, 2.75) is 64.1 Å². The molecule has 2 rings (SSSR count). The third-order valence-electron chi connectivity index (χ3n) is 4.25. The van der Waals surface area contributed by atoms with E-state index in [0.29, 0.717) is 6.61 Å². The van der Waals surface area contributed by atoms with E-state index in [1.54, 1.807) is 0 Å². The molecule has 0 amide bonds. The van der Waals surface area contributed by atoms with E-state index < -0.39 is 10.0 Å². The maximum absolute atomic E-state index is 11.4. The number of hydrogen-bond acceptors (Lipinski definition) is 4. The summed E-state index contributed by atoms with van der Waals surface area (Å²) >= 11 is 0. The zero-order valence-corrected chi connectivity index (χ0v) is 13.1. The van der Waals surface area contributed by atoms with Gasteiger partial charge in [-0.25, -0.2) is 13.6 Å². The Labute approximate surface area is 116 Å². The Hall–Kier alpha value is -0.170. The molecule has 0 radical (unpaired) electrons. The Bertz CT molecular complexity index is 441. The highest BCUT2D eigenvalue weighted by Gasteiger charge is 2.54. The summed E-state index contributed by atoms with van der Waals surface area (Å²) in [6.07, 6.45) is 2.48. The van der Waals surface area contributed by atoms with Crippen molar-refractivity contribution in [3.8, 4) is 0 Å². The van der Waals surface area contributed by atoms with Crippen LogP contribution in [0.5, 0.6) is 0 Å². The molecular formula is C13H26N2O3S.